The Balaban J connectivity index is 0.000000214. The van der Waals surface area contributed by atoms with E-state index >= 15 is 0 Å². The lowest BCUT2D eigenvalue weighted by Crippen LogP contribution is -2.17. The third-order valence-corrected chi connectivity index (χ3v) is 7.98. The zero-order valence-electron chi connectivity index (χ0n) is 26.7. The average Bonchev–Trinajstić information content (AvgIpc) is 3.75. The van der Waals surface area contributed by atoms with Gasteiger partial charge in [-0.2, -0.15) is 0 Å². The molecule has 254 valence electrons. The second-order valence-electron chi connectivity index (χ2n) is 11.6. The lowest BCUT2D eigenvalue weighted by molar-refractivity contribution is -0.142. The fourth-order valence-electron chi connectivity index (χ4n) is 5.29. The van der Waals surface area contributed by atoms with Crippen molar-refractivity contribution in [1.82, 2.24) is 0 Å². The molecule has 0 saturated heterocycles. The number of carbonyl (C=O) groups is 3. The van der Waals surface area contributed by atoms with Gasteiger partial charge in [-0.3, -0.25) is 14.4 Å². The first-order valence-electron chi connectivity index (χ1n) is 15.8. The molecule has 4 aromatic carbocycles. The van der Waals surface area contributed by atoms with E-state index in [0.717, 1.165) is 46.8 Å². The van der Waals surface area contributed by atoms with Gasteiger partial charge in [-0.15, -0.1) is 12.4 Å². The Morgan fingerprint density at radius 2 is 1.19 bits per heavy atom. The largest absolute Gasteiger partial charge is 0.489 e. The molecule has 2 aliphatic rings. The zero-order valence-corrected chi connectivity index (χ0v) is 27.5. The molecule has 0 heterocycles. The number of Topliss-reactive ketones (excluding diaryl/α,β-unsaturated/α-hetero) is 1. The number of rotatable bonds is 10. The third-order valence-electron chi connectivity index (χ3n) is 7.98. The van der Waals surface area contributed by atoms with Crippen molar-refractivity contribution in [2.45, 2.75) is 57.8 Å². The summed E-state index contributed by atoms with van der Waals surface area (Å²) in [5.74, 6) is -0.358. The van der Waals surface area contributed by atoms with Crippen LogP contribution in [0.25, 0.3) is 0 Å². The first kappa shape index (κ1) is 37.4. The fourth-order valence-corrected chi connectivity index (χ4v) is 5.29. The van der Waals surface area contributed by atoms with Crippen molar-refractivity contribution in [2.24, 2.45) is 11.8 Å². The Bertz CT molecular complexity index is 1550. The molecule has 2 aliphatic carbocycles. The molecule has 6 rings (SSSR count). The van der Waals surface area contributed by atoms with E-state index in [2.05, 4.69) is 5.32 Å². The average molecular weight is 675 g/mol. The number of nitrogens with two attached hydrogens (primary N) is 1. The van der Waals surface area contributed by atoms with Crippen molar-refractivity contribution in [1.29, 1.82) is 0 Å². The number of hydrogen-bond donors (Lipinski definition) is 4. The molecule has 48 heavy (non-hydrogen) atoms. The number of halogens is 1. The van der Waals surface area contributed by atoms with E-state index < -0.39 is 17.9 Å². The predicted octanol–water partition coefficient (Wildman–Crippen LogP) is 7.64. The summed E-state index contributed by atoms with van der Waals surface area (Å²) in [6.45, 7) is 1.14. The number of anilines is 2. The highest BCUT2D eigenvalue weighted by Gasteiger charge is 2.29. The Morgan fingerprint density at radius 1 is 0.688 bits per heavy atom. The summed E-state index contributed by atoms with van der Waals surface area (Å²) in [4.78, 5) is 31.7. The normalized spacial score (nSPS) is 17.8. The molecule has 9 nitrogen and oxygen atoms in total. The van der Waals surface area contributed by atoms with Crippen molar-refractivity contribution < 1.29 is 34.1 Å². The van der Waals surface area contributed by atoms with E-state index in [0.29, 0.717) is 32.5 Å². The van der Waals surface area contributed by atoms with E-state index in [-0.39, 0.29) is 36.6 Å². The number of carboxylic acid groups (broad SMARTS) is 2. The van der Waals surface area contributed by atoms with Gasteiger partial charge in [0.1, 0.15) is 30.5 Å². The molecule has 3 unspecified atom stereocenters. The minimum absolute atomic E-state index is 0. The van der Waals surface area contributed by atoms with Crippen LogP contribution < -0.4 is 20.5 Å². The number of nitrogens with one attached hydrogen (secondary N) is 1. The number of hydrogen-bond acceptors (Lipinski definition) is 7. The highest BCUT2D eigenvalue weighted by atomic mass is 35.5. The van der Waals surface area contributed by atoms with Crippen LogP contribution in [0, 0.1) is 11.8 Å². The number of carbonyl (C=O) groups excluding carboxylic acids is 1. The zero-order chi connectivity index (χ0) is 33.4. The van der Waals surface area contributed by atoms with Crippen LogP contribution in [0.1, 0.15) is 49.7 Å². The molecule has 2 saturated carbocycles. The van der Waals surface area contributed by atoms with Gasteiger partial charge in [-0.05, 0) is 85.3 Å². The standard InChI is InChI=1S/C19H21NO3.C13H13NO.C6H8O3.ClH/c21-19(22)15-6-7-17(12-15)20-16-8-10-18(11-9-16)23-13-14-4-2-1-3-5-14;14-12-6-8-13(9-7-12)15-10-11-4-2-1-3-5-11;7-5-2-1-4(3-5)6(8)9;/h1-5,8-11,15,17,20H,6-7,12-13H2,(H,21,22);1-9H,10,14H2;4H,1-3H2,(H,8,9);1H. The van der Waals surface area contributed by atoms with Crippen LogP contribution in [0.3, 0.4) is 0 Å². The van der Waals surface area contributed by atoms with Gasteiger partial charge in [0.2, 0.25) is 0 Å². The molecule has 10 heteroatoms. The number of benzene rings is 4. The molecular weight excluding hydrogens is 632 g/mol. The SMILES string of the molecule is Cl.Nc1ccc(OCc2ccccc2)cc1.O=C(O)C1CCC(Nc2ccc(OCc3ccccc3)cc2)C1.O=C1CCC(C(=O)O)C1. The Hall–Kier alpha value is -5.02. The van der Waals surface area contributed by atoms with Crippen molar-refractivity contribution in [3.8, 4) is 11.5 Å². The smallest absolute Gasteiger partial charge is 0.306 e. The van der Waals surface area contributed by atoms with Crippen LogP contribution in [-0.4, -0.2) is 34.0 Å². The maximum absolute atomic E-state index is 11.0. The van der Waals surface area contributed by atoms with Gasteiger partial charge in [0.05, 0.1) is 11.8 Å². The van der Waals surface area contributed by atoms with Crippen LogP contribution in [0.15, 0.2) is 109 Å². The van der Waals surface area contributed by atoms with Gasteiger partial charge >= 0.3 is 11.9 Å². The van der Waals surface area contributed by atoms with Crippen molar-refractivity contribution in [3.63, 3.8) is 0 Å². The lowest BCUT2D eigenvalue weighted by Gasteiger charge is -2.14. The molecule has 0 bridgehead atoms. The molecule has 0 amide bonds. The minimum atomic E-state index is -0.833. The summed E-state index contributed by atoms with van der Waals surface area (Å²) in [5, 5.41) is 20.8. The van der Waals surface area contributed by atoms with Gasteiger partial charge in [0, 0.05) is 30.3 Å². The number of aliphatic carboxylic acids is 2. The summed E-state index contributed by atoms with van der Waals surface area (Å²) in [6.07, 6.45) is 3.59. The molecule has 0 aliphatic heterocycles. The van der Waals surface area contributed by atoms with Crippen LogP contribution in [0.2, 0.25) is 0 Å². The van der Waals surface area contributed by atoms with E-state index in [1.807, 2.05) is 109 Å². The van der Waals surface area contributed by atoms with Crippen LogP contribution >= 0.6 is 12.4 Å². The molecule has 0 spiro atoms. The quantitative estimate of drug-likeness (QED) is 0.125. The molecule has 5 N–H and O–H groups in total. The summed E-state index contributed by atoms with van der Waals surface area (Å²) >= 11 is 0. The van der Waals surface area contributed by atoms with Gasteiger partial charge in [-0.1, -0.05) is 60.7 Å². The van der Waals surface area contributed by atoms with Gasteiger partial charge < -0.3 is 30.7 Å². The van der Waals surface area contributed by atoms with Crippen molar-refractivity contribution >= 4 is 41.5 Å². The van der Waals surface area contributed by atoms with Crippen LogP contribution in [0.5, 0.6) is 11.5 Å². The van der Waals surface area contributed by atoms with E-state index in [1.54, 1.807) is 0 Å². The second-order valence-corrected chi connectivity index (χ2v) is 11.6. The van der Waals surface area contributed by atoms with Crippen molar-refractivity contribution in [2.75, 3.05) is 11.1 Å². The van der Waals surface area contributed by atoms with Gasteiger partial charge in [-0.25, -0.2) is 0 Å². The van der Waals surface area contributed by atoms with Crippen LogP contribution in [0.4, 0.5) is 11.4 Å². The molecule has 2 fully saturated rings. The maximum atomic E-state index is 11.0. The molecule has 4 aromatic rings. The monoisotopic (exact) mass is 674 g/mol. The highest BCUT2D eigenvalue weighted by Crippen LogP contribution is 2.29. The Kier molecular flexibility index (Phi) is 15.3. The van der Waals surface area contributed by atoms with E-state index in [4.69, 9.17) is 25.4 Å². The topological polar surface area (TPSA) is 148 Å². The maximum Gasteiger partial charge on any atom is 0.306 e. The summed E-state index contributed by atoms with van der Waals surface area (Å²) < 4.78 is 11.4. The number of ether oxygens (including phenoxy) is 2. The second kappa shape index (κ2) is 19.6. The third kappa shape index (κ3) is 13.0. The van der Waals surface area contributed by atoms with Crippen molar-refractivity contribution in [3.05, 3.63) is 120 Å². The molecule has 0 aromatic heterocycles. The summed E-state index contributed by atoms with van der Waals surface area (Å²) in [5.41, 5.74) is 9.64. The predicted molar refractivity (Wildman–Crippen MR) is 188 cm³/mol. The van der Waals surface area contributed by atoms with E-state index in [1.165, 1.54) is 0 Å². The van der Waals surface area contributed by atoms with Gasteiger partial charge in [0.15, 0.2) is 0 Å². The first-order chi connectivity index (χ1) is 22.7. The number of nitrogen functional groups attached to an aromatic ring is 1. The number of carboxylic acids is 2. The van der Waals surface area contributed by atoms with Gasteiger partial charge in [0.25, 0.3) is 0 Å². The molecule has 3 atom stereocenters. The Morgan fingerprint density at radius 3 is 1.60 bits per heavy atom. The highest BCUT2D eigenvalue weighted by molar-refractivity contribution is 5.87. The Labute approximate surface area is 287 Å². The fraction of sp³-hybridized carbons (Fsp3) is 0.289. The molecular formula is C38H43ClN2O7. The summed E-state index contributed by atoms with van der Waals surface area (Å²) in [6, 6.07) is 35.6. The van der Waals surface area contributed by atoms with Crippen LogP contribution in [-0.2, 0) is 27.6 Å². The summed E-state index contributed by atoms with van der Waals surface area (Å²) in [7, 11) is 0. The number of ketones is 1. The lowest BCUT2D eigenvalue weighted by atomic mass is 10.1. The van der Waals surface area contributed by atoms with E-state index in [9.17, 15) is 14.4 Å². The minimum Gasteiger partial charge on any atom is -0.489 e. The molecule has 0 radical (unpaired) electrons. The first-order valence-corrected chi connectivity index (χ1v) is 15.8.